The molecule has 1 unspecified atom stereocenters. The first-order valence-electron chi connectivity index (χ1n) is 10.0. The second-order valence-corrected chi connectivity index (χ2v) is 7.07. The minimum Gasteiger partial charge on any atom is -0.489 e. The van der Waals surface area contributed by atoms with Crippen molar-refractivity contribution < 1.29 is 9.53 Å². The van der Waals surface area contributed by atoms with Crippen LogP contribution in [0.25, 0.3) is 6.08 Å². The molecule has 0 heterocycles. The van der Waals surface area contributed by atoms with Gasteiger partial charge in [0.2, 0.25) is 5.91 Å². The normalized spacial score (nSPS) is 11.9. The van der Waals surface area contributed by atoms with Gasteiger partial charge in [-0.15, -0.1) is 0 Å². The van der Waals surface area contributed by atoms with Crippen LogP contribution >= 0.6 is 0 Å². The van der Waals surface area contributed by atoms with Crippen LogP contribution in [0.3, 0.4) is 0 Å². The van der Waals surface area contributed by atoms with Gasteiger partial charge >= 0.3 is 0 Å². The number of hydrogen-bond donors (Lipinski definition) is 1. The third-order valence-corrected chi connectivity index (χ3v) is 4.90. The number of para-hydroxylation sites is 1. The maximum atomic E-state index is 12.4. The summed E-state index contributed by atoms with van der Waals surface area (Å²) in [6.45, 7) is 4.83. The number of ether oxygens (including phenoxy) is 1. The summed E-state index contributed by atoms with van der Waals surface area (Å²) in [7, 11) is 0. The molecule has 1 atom stereocenters. The lowest BCUT2D eigenvalue weighted by Gasteiger charge is -2.14. The molecule has 0 fully saturated rings. The highest BCUT2D eigenvalue weighted by Gasteiger charge is 2.09. The molecule has 0 aliphatic carbocycles. The van der Waals surface area contributed by atoms with Crippen LogP contribution < -0.4 is 10.1 Å². The molecule has 29 heavy (non-hydrogen) atoms. The average Bonchev–Trinajstić information content (AvgIpc) is 2.77. The molecule has 0 saturated carbocycles. The van der Waals surface area contributed by atoms with E-state index in [0.717, 1.165) is 34.5 Å². The van der Waals surface area contributed by atoms with Gasteiger partial charge in [-0.1, -0.05) is 74.5 Å². The number of anilines is 1. The Kier molecular flexibility index (Phi) is 7.23. The van der Waals surface area contributed by atoms with Crippen molar-refractivity contribution in [2.75, 3.05) is 5.32 Å². The van der Waals surface area contributed by atoms with Gasteiger partial charge in [0.05, 0.1) is 0 Å². The minimum absolute atomic E-state index is 0.142. The molecule has 0 aliphatic rings. The standard InChI is InChI=1S/C26H27NO2/c1-3-20(2)24-14-7-8-15-25(24)27-26(28)17-16-21-12-9-13-23(18-21)29-19-22-10-5-4-6-11-22/h4-18,20H,3,19H2,1-2H3,(H,27,28)/b17-16+. The molecule has 3 heteroatoms. The number of benzene rings is 3. The fourth-order valence-electron chi connectivity index (χ4n) is 3.06. The van der Waals surface area contributed by atoms with Crippen molar-refractivity contribution in [3.63, 3.8) is 0 Å². The lowest BCUT2D eigenvalue weighted by atomic mass is 9.97. The Morgan fingerprint density at radius 2 is 1.76 bits per heavy atom. The van der Waals surface area contributed by atoms with E-state index in [1.54, 1.807) is 12.2 Å². The number of carbonyl (C=O) groups is 1. The van der Waals surface area contributed by atoms with Gasteiger partial charge in [-0.3, -0.25) is 4.79 Å². The smallest absolute Gasteiger partial charge is 0.248 e. The lowest BCUT2D eigenvalue weighted by Crippen LogP contribution is -2.10. The minimum atomic E-state index is -0.142. The highest BCUT2D eigenvalue weighted by Crippen LogP contribution is 2.26. The number of amides is 1. The van der Waals surface area contributed by atoms with E-state index in [9.17, 15) is 4.79 Å². The summed E-state index contributed by atoms with van der Waals surface area (Å²) in [6.07, 6.45) is 4.39. The zero-order chi connectivity index (χ0) is 20.5. The number of hydrogen-bond acceptors (Lipinski definition) is 2. The Labute approximate surface area is 173 Å². The lowest BCUT2D eigenvalue weighted by molar-refractivity contribution is -0.111. The molecule has 1 N–H and O–H groups in total. The highest BCUT2D eigenvalue weighted by atomic mass is 16.5. The van der Waals surface area contributed by atoms with Gasteiger partial charge in [0.1, 0.15) is 12.4 Å². The van der Waals surface area contributed by atoms with Crippen molar-refractivity contribution in [1.29, 1.82) is 0 Å². The molecule has 0 aromatic heterocycles. The molecule has 0 spiro atoms. The van der Waals surface area contributed by atoms with Crippen molar-refractivity contribution in [2.24, 2.45) is 0 Å². The van der Waals surface area contributed by atoms with E-state index in [2.05, 4.69) is 25.2 Å². The van der Waals surface area contributed by atoms with Gasteiger partial charge in [-0.25, -0.2) is 0 Å². The molecule has 0 radical (unpaired) electrons. The van der Waals surface area contributed by atoms with Crippen LogP contribution in [0.2, 0.25) is 0 Å². The third-order valence-electron chi connectivity index (χ3n) is 4.90. The van der Waals surface area contributed by atoms with Gasteiger partial charge in [0.15, 0.2) is 0 Å². The van der Waals surface area contributed by atoms with E-state index in [-0.39, 0.29) is 5.91 Å². The number of nitrogens with one attached hydrogen (secondary N) is 1. The zero-order valence-electron chi connectivity index (χ0n) is 17.0. The van der Waals surface area contributed by atoms with Crippen LogP contribution in [-0.2, 0) is 11.4 Å². The molecule has 3 nitrogen and oxygen atoms in total. The molecular weight excluding hydrogens is 358 g/mol. The highest BCUT2D eigenvalue weighted by molar-refractivity contribution is 6.02. The number of carbonyl (C=O) groups excluding carboxylic acids is 1. The zero-order valence-corrected chi connectivity index (χ0v) is 17.0. The van der Waals surface area contributed by atoms with E-state index in [0.29, 0.717) is 12.5 Å². The average molecular weight is 386 g/mol. The quantitative estimate of drug-likeness (QED) is 0.454. The largest absolute Gasteiger partial charge is 0.489 e. The molecule has 0 bridgehead atoms. The van der Waals surface area contributed by atoms with Gasteiger partial charge in [0, 0.05) is 11.8 Å². The van der Waals surface area contributed by atoms with Crippen molar-refractivity contribution in [1.82, 2.24) is 0 Å². The second kappa shape index (κ2) is 10.3. The number of rotatable bonds is 8. The first-order chi connectivity index (χ1) is 14.2. The molecule has 0 saturated heterocycles. The fraction of sp³-hybridized carbons (Fsp3) is 0.192. The fourth-order valence-corrected chi connectivity index (χ4v) is 3.06. The van der Waals surface area contributed by atoms with Crippen molar-refractivity contribution >= 4 is 17.7 Å². The van der Waals surface area contributed by atoms with Crippen LogP contribution in [0.15, 0.2) is 84.9 Å². The van der Waals surface area contributed by atoms with Crippen molar-refractivity contribution in [2.45, 2.75) is 32.8 Å². The summed E-state index contributed by atoms with van der Waals surface area (Å²) >= 11 is 0. The van der Waals surface area contributed by atoms with Crippen LogP contribution in [0.1, 0.15) is 42.9 Å². The maximum Gasteiger partial charge on any atom is 0.248 e. The van der Waals surface area contributed by atoms with Crippen LogP contribution in [0, 0.1) is 0 Å². The summed E-state index contributed by atoms with van der Waals surface area (Å²) in [5, 5.41) is 3.00. The SMILES string of the molecule is CCC(C)c1ccccc1NC(=O)/C=C/c1cccc(OCc2ccccc2)c1. The topological polar surface area (TPSA) is 38.3 Å². The third kappa shape index (κ3) is 6.08. The summed E-state index contributed by atoms with van der Waals surface area (Å²) in [5.41, 5.74) is 4.07. The summed E-state index contributed by atoms with van der Waals surface area (Å²) in [6, 6.07) is 25.7. The molecule has 1 amide bonds. The van der Waals surface area contributed by atoms with Gasteiger partial charge in [-0.2, -0.15) is 0 Å². The van der Waals surface area contributed by atoms with Gasteiger partial charge in [0.25, 0.3) is 0 Å². The molecular formula is C26H27NO2. The monoisotopic (exact) mass is 385 g/mol. The van der Waals surface area contributed by atoms with E-state index >= 15 is 0 Å². The maximum absolute atomic E-state index is 12.4. The molecule has 148 valence electrons. The van der Waals surface area contributed by atoms with E-state index in [1.165, 1.54) is 0 Å². The van der Waals surface area contributed by atoms with Crippen molar-refractivity contribution in [3.05, 3.63) is 102 Å². The first-order valence-corrected chi connectivity index (χ1v) is 10.0. The van der Waals surface area contributed by atoms with E-state index in [4.69, 9.17) is 4.74 Å². The van der Waals surface area contributed by atoms with Crippen LogP contribution in [0.5, 0.6) is 5.75 Å². The van der Waals surface area contributed by atoms with Crippen LogP contribution in [0.4, 0.5) is 5.69 Å². The van der Waals surface area contributed by atoms with Crippen molar-refractivity contribution in [3.8, 4) is 5.75 Å². The summed E-state index contributed by atoms with van der Waals surface area (Å²) in [5.74, 6) is 1.03. The van der Waals surface area contributed by atoms with E-state index < -0.39 is 0 Å². The van der Waals surface area contributed by atoms with Gasteiger partial charge < -0.3 is 10.1 Å². The Morgan fingerprint density at radius 3 is 2.55 bits per heavy atom. The Balaban J connectivity index is 1.62. The molecule has 3 aromatic carbocycles. The molecule has 3 aromatic rings. The molecule has 3 rings (SSSR count). The Morgan fingerprint density at radius 1 is 1.00 bits per heavy atom. The Bertz CT molecular complexity index is 963. The first kappa shape index (κ1) is 20.4. The van der Waals surface area contributed by atoms with Crippen LogP contribution in [-0.4, -0.2) is 5.91 Å². The molecule has 0 aliphatic heterocycles. The summed E-state index contributed by atoms with van der Waals surface area (Å²) < 4.78 is 5.86. The summed E-state index contributed by atoms with van der Waals surface area (Å²) in [4.78, 5) is 12.4. The second-order valence-electron chi connectivity index (χ2n) is 7.07. The van der Waals surface area contributed by atoms with E-state index in [1.807, 2.05) is 72.8 Å². The predicted octanol–water partition coefficient (Wildman–Crippen LogP) is 6.43. The predicted molar refractivity (Wildman–Crippen MR) is 120 cm³/mol. The Hall–Kier alpha value is -3.33. The van der Waals surface area contributed by atoms with Gasteiger partial charge in [-0.05, 0) is 53.3 Å².